The number of carbonyl (C=O) groups is 1. The molecule has 0 spiro atoms. The molecule has 0 atom stereocenters. The van der Waals surface area contributed by atoms with Crippen LogP contribution in [0.2, 0.25) is 10.0 Å². The van der Waals surface area contributed by atoms with Crippen LogP contribution in [-0.2, 0) is 20.6 Å². The molecule has 2 aromatic carbocycles. The minimum absolute atomic E-state index is 0.0576. The summed E-state index contributed by atoms with van der Waals surface area (Å²) in [6, 6.07) is 7.15. The number of hydrogen-bond donors (Lipinski definition) is 1. The predicted octanol–water partition coefficient (Wildman–Crippen LogP) is 4.33. The summed E-state index contributed by atoms with van der Waals surface area (Å²) >= 11 is 12.1. The standard InChI is InChI=1S/C21H23Cl2FN2O5S/c1-30-19-11-18(20(31-2)10-16(19)23)25-21(27)13-6-8-26(9-7-13)32(28,29)12-14-15(22)4-3-5-17(14)24/h3-5,10-11,13H,6-9,12H2,1-2H3,(H,25,27). The lowest BCUT2D eigenvalue weighted by molar-refractivity contribution is -0.120. The fourth-order valence-corrected chi connectivity index (χ4v) is 5.68. The van der Waals surface area contributed by atoms with Gasteiger partial charge < -0.3 is 14.8 Å². The Balaban J connectivity index is 1.65. The maximum Gasteiger partial charge on any atom is 0.227 e. The number of nitrogens with one attached hydrogen (secondary N) is 1. The Kier molecular flexibility index (Phi) is 7.87. The van der Waals surface area contributed by atoms with Gasteiger partial charge in [-0.05, 0) is 25.0 Å². The number of carbonyl (C=O) groups excluding carboxylic acids is 1. The van der Waals surface area contributed by atoms with Crippen molar-refractivity contribution in [2.24, 2.45) is 5.92 Å². The second-order valence-electron chi connectivity index (χ2n) is 7.31. The van der Waals surface area contributed by atoms with Crippen LogP contribution in [0.5, 0.6) is 11.5 Å². The average molecular weight is 505 g/mol. The molecule has 2 aromatic rings. The minimum atomic E-state index is -3.79. The van der Waals surface area contributed by atoms with Crippen molar-refractivity contribution in [2.45, 2.75) is 18.6 Å². The van der Waals surface area contributed by atoms with Crippen molar-refractivity contribution in [1.29, 1.82) is 0 Å². The molecule has 1 aliphatic heterocycles. The first-order valence-corrected chi connectivity index (χ1v) is 12.2. The number of benzene rings is 2. The van der Waals surface area contributed by atoms with Gasteiger partial charge in [0.15, 0.2) is 0 Å². The van der Waals surface area contributed by atoms with Gasteiger partial charge in [0.1, 0.15) is 17.3 Å². The lowest BCUT2D eigenvalue weighted by Crippen LogP contribution is -2.42. The molecule has 1 heterocycles. The summed E-state index contributed by atoms with van der Waals surface area (Å²) in [5.74, 6) is -1.09. The Hall–Kier alpha value is -2.07. The molecular formula is C21H23Cl2FN2O5S. The molecule has 3 rings (SSSR count). The molecule has 1 fully saturated rings. The SMILES string of the molecule is COc1cc(NC(=O)C2CCN(S(=O)(=O)Cc3c(F)cccc3Cl)CC2)c(OC)cc1Cl. The molecule has 0 radical (unpaired) electrons. The monoisotopic (exact) mass is 504 g/mol. The maximum atomic E-state index is 14.0. The van der Waals surface area contributed by atoms with Crippen LogP contribution in [0.25, 0.3) is 0 Å². The number of ether oxygens (including phenoxy) is 2. The van der Waals surface area contributed by atoms with Crippen LogP contribution in [0.4, 0.5) is 10.1 Å². The zero-order valence-electron chi connectivity index (χ0n) is 17.5. The number of amides is 1. The number of hydrogen-bond acceptors (Lipinski definition) is 5. The van der Waals surface area contributed by atoms with Crippen LogP contribution in [0.15, 0.2) is 30.3 Å². The molecule has 0 saturated carbocycles. The van der Waals surface area contributed by atoms with Gasteiger partial charge in [-0.1, -0.05) is 29.3 Å². The van der Waals surface area contributed by atoms with Gasteiger partial charge in [0, 0.05) is 41.7 Å². The molecule has 0 unspecified atom stereocenters. The Bertz CT molecular complexity index is 1090. The fourth-order valence-electron chi connectivity index (χ4n) is 3.53. The van der Waals surface area contributed by atoms with Crippen molar-refractivity contribution in [3.63, 3.8) is 0 Å². The third kappa shape index (κ3) is 5.46. The van der Waals surface area contributed by atoms with Gasteiger partial charge in [-0.2, -0.15) is 0 Å². The second-order valence-corrected chi connectivity index (χ2v) is 10.1. The summed E-state index contributed by atoms with van der Waals surface area (Å²) in [6.45, 7) is 0.293. The Morgan fingerprint density at radius 3 is 2.38 bits per heavy atom. The first-order valence-electron chi connectivity index (χ1n) is 9.79. The van der Waals surface area contributed by atoms with Crippen molar-refractivity contribution in [3.05, 3.63) is 51.8 Å². The zero-order valence-corrected chi connectivity index (χ0v) is 19.9. The normalized spacial score (nSPS) is 15.4. The van der Waals surface area contributed by atoms with E-state index in [-0.39, 0.29) is 29.6 Å². The predicted molar refractivity (Wildman–Crippen MR) is 122 cm³/mol. The molecule has 0 aromatic heterocycles. The van der Waals surface area contributed by atoms with E-state index in [1.54, 1.807) is 12.1 Å². The van der Waals surface area contributed by atoms with E-state index in [4.69, 9.17) is 32.7 Å². The quantitative estimate of drug-likeness (QED) is 0.606. The first-order chi connectivity index (χ1) is 15.2. The van der Waals surface area contributed by atoms with E-state index in [9.17, 15) is 17.6 Å². The molecule has 1 saturated heterocycles. The highest BCUT2D eigenvalue weighted by atomic mass is 35.5. The van der Waals surface area contributed by atoms with Gasteiger partial charge in [0.2, 0.25) is 15.9 Å². The highest BCUT2D eigenvalue weighted by Gasteiger charge is 2.32. The minimum Gasteiger partial charge on any atom is -0.495 e. The maximum absolute atomic E-state index is 14.0. The third-order valence-electron chi connectivity index (χ3n) is 5.34. The molecule has 1 N–H and O–H groups in total. The van der Waals surface area contributed by atoms with Crippen LogP contribution in [0, 0.1) is 11.7 Å². The second kappa shape index (κ2) is 10.2. The van der Waals surface area contributed by atoms with Gasteiger partial charge in [0.25, 0.3) is 0 Å². The number of sulfonamides is 1. The van der Waals surface area contributed by atoms with E-state index < -0.39 is 27.5 Å². The number of nitrogens with zero attached hydrogens (tertiary/aromatic N) is 1. The van der Waals surface area contributed by atoms with Crippen LogP contribution in [0.3, 0.4) is 0 Å². The molecule has 1 amide bonds. The van der Waals surface area contributed by atoms with E-state index in [0.717, 1.165) is 0 Å². The van der Waals surface area contributed by atoms with Crippen molar-refractivity contribution in [3.8, 4) is 11.5 Å². The number of rotatable bonds is 7. The zero-order chi connectivity index (χ0) is 23.5. The van der Waals surface area contributed by atoms with E-state index >= 15 is 0 Å². The molecule has 174 valence electrons. The van der Waals surface area contributed by atoms with Crippen molar-refractivity contribution >= 4 is 44.8 Å². The molecule has 32 heavy (non-hydrogen) atoms. The molecule has 1 aliphatic rings. The molecule has 7 nitrogen and oxygen atoms in total. The fraction of sp³-hybridized carbons (Fsp3) is 0.381. The van der Waals surface area contributed by atoms with E-state index in [1.165, 1.54) is 36.7 Å². The number of piperidine rings is 1. The van der Waals surface area contributed by atoms with Crippen molar-refractivity contribution in [2.75, 3.05) is 32.6 Å². The Morgan fingerprint density at radius 2 is 1.78 bits per heavy atom. The van der Waals surface area contributed by atoms with E-state index in [2.05, 4.69) is 5.32 Å². The van der Waals surface area contributed by atoms with Crippen LogP contribution in [0.1, 0.15) is 18.4 Å². The van der Waals surface area contributed by atoms with Gasteiger partial charge in [-0.15, -0.1) is 0 Å². The number of anilines is 1. The third-order valence-corrected chi connectivity index (χ3v) is 7.79. The first kappa shape index (κ1) is 24.6. The summed E-state index contributed by atoms with van der Waals surface area (Å²) < 4.78 is 51.3. The largest absolute Gasteiger partial charge is 0.495 e. The lowest BCUT2D eigenvalue weighted by atomic mass is 9.97. The summed E-state index contributed by atoms with van der Waals surface area (Å²) in [7, 11) is -0.868. The van der Waals surface area contributed by atoms with Crippen molar-refractivity contribution in [1.82, 2.24) is 4.31 Å². The van der Waals surface area contributed by atoms with Crippen molar-refractivity contribution < 1.29 is 27.1 Å². The van der Waals surface area contributed by atoms with Gasteiger partial charge in [-0.3, -0.25) is 4.79 Å². The van der Waals surface area contributed by atoms with E-state index in [1.807, 2.05) is 0 Å². The van der Waals surface area contributed by atoms with Crippen LogP contribution >= 0.6 is 23.2 Å². The summed E-state index contributed by atoms with van der Waals surface area (Å²) in [5, 5.41) is 3.21. The molecule has 0 aliphatic carbocycles. The molecule has 0 bridgehead atoms. The van der Waals surface area contributed by atoms with Gasteiger partial charge in [0.05, 0.1) is 30.7 Å². The smallest absolute Gasteiger partial charge is 0.227 e. The van der Waals surface area contributed by atoms with Gasteiger partial charge >= 0.3 is 0 Å². The van der Waals surface area contributed by atoms with Crippen LogP contribution in [-0.4, -0.2) is 45.9 Å². The van der Waals surface area contributed by atoms with E-state index in [0.29, 0.717) is 35.1 Å². The topological polar surface area (TPSA) is 84.9 Å². The highest BCUT2D eigenvalue weighted by Crippen LogP contribution is 2.36. The number of halogens is 3. The van der Waals surface area contributed by atoms with Gasteiger partial charge in [-0.25, -0.2) is 17.1 Å². The Morgan fingerprint density at radius 1 is 1.12 bits per heavy atom. The lowest BCUT2D eigenvalue weighted by Gasteiger charge is -2.30. The summed E-state index contributed by atoms with van der Waals surface area (Å²) in [6.07, 6.45) is 0.645. The summed E-state index contributed by atoms with van der Waals surface area (Å²) in [4.78, 5) is 12.8. The summed E-state index contributed by atoms with van der Waals surface area (Å²) in [5.41, 5.74) is 0.348. The molecular weight excluding hydrogens is 482 g/mol. The van der Waals surface area contributed by atoms with Crippen LogP contribution < -0.4 is 14.8 Å². The molecule has 11 heteroatoms. The average Bonchev–Trinajstić information content (AvgIpc) is 2.77. The highest BCUT2D eigenvalue weighted by molar-refractivity contribution is 7.88. The Labute approximate surface area is 196 Å². The number of methoxy groups -OCH3 is 2.